The van der Waals surface area contributed by atoms with Crippen molar-refractivity contribution in [3.05, 3.63) is 114 Å². The molecule has 0 N–H and O–H groups in total. The van der Waals surface area contributed by atoms with Gasteiger partial charge in [0.2, 0.25) is 0 Å². The average molecular weight is 425 g/mol. The van der Waals surface area contributed by atoms with Gasteiger partial charge in [0, 0.05) is 30.2 Å². The number of fused-ring (bicyclic) bond motifs is 1. The van der Waals surface area contributed by atoms with Crippen molar-refractivity contribution < 1.29 is 14.3 Å². The van der Waals surface area contributed by atoms with Crippen molar-refractivity contribution in [2.45, 2.75) is 12.6 Å². The number of hydrogen-bond acceptors (Lipinski definition) is 4. The van der Waals surface area contributed by atoms with Gasteiger partial charge in [0.15, 0.2) is 0 Å². The number of carbonyl (C=O) groups excluding carboxylic acids is 1. The van der Waals surface area contributed by atoms with E-state index in [-0.39, 0.29) is 5.97 Å². The summed E-state index contributed by atoms with van der Waals surface area (Å²) in [4.78, 5) is 15.2. The van der Waals surface area contributed by atoms with Gasteiger partial charge in [-0.25, -0.2) is 4.79 Å². The number of ether oxygens (including phenoxy) is 2. The summed E-state index contributed by atoms with van der Waals surface area (Å²) in [5, 5.41) is 0. The van der Waals surface area contributed by atoms with Crippen LogP contribution in [0, 0.1) is 0 Å². The summed E-state index contributed by atoms with van der Waals surface area (Å²) in [7, 11) is 1.97. The molecule has 0 fully saturated rings. The molecule has 1 aliphatic heterocycles. The minimum atomic E-state index is -1.17. The fourth-order valence-electron chi connectivity index (χ4n) is 4.43. The van der Waals surface area contributed by atoms with Gasteiger partial charge in [-0.1, -0.05) is 36.4 Å². The third-order valence-corrected chi connectivity index (χ3v) is 5.78. The summed E-state index contributed by atoms with van der Waals surface area (Å²) in [5.74, 6) is 0.453. The Hall–Kier alpha value is -3.99. The number of cyclic esters (lactones) is 1. The van der Waals surface area contributed by atoms with E-state index in [2.05, 4.69) is 4.90 Å². The van der Waals surface area contributed by atoms with Crippen molar-refractivity contribution in [2.24, 2.45) is 7.05 Å². The van der Waals surface area contributed by atoms with Crippen molar-refractivity contribution in [3.63, 3.8) is 0 Å². The quantitative estimate of drug-likeness (QED) is 0.376. The highest BCUT2D eigenvalue weighted by atomic mass is 16.6. The van der Waals surface area contributed by atoms with Crippen molar-refractivity contribution in [2.75, 3.05) is 11.5 Å². The van der Waals surface area contributed by atoms with Crippen LogP contribution < -0.4 is 9.64 Å². The zero-order valence-electron chi connectivity index (χ0n) is 18.1. The second kappa shape index (κ2) is 7.93. The van der Waals surface area contributed by atoms with Gasteiger partial charge in [0.1, 0.15) is 5.75 Å². The number of benzene rings is 3. The Morgan fingerprint density at radius 1 is 0.875 bits per heavy atom. The van der Waals surface area contributed by atoms with E-state index >= 15 is 0 Å². The Bertz CT molecular complexity index is 1250. The molecule has 1 unspecified atom stereocenters. The Kier molecular flexibility index (Phi) is 4.94. The lowest BCUT2D eigenvalue weighted by molar-refractivity contribution is 0.0107. The molecule has 1 aliphatic rings. The van der Waals surface area contributed by atoms with E-state index in [1.165, 1.54) is 0 Å². The summed E-state index contributed by atoms with van der Waals surface area (Å²) in [5.41, 5.74) is 2.85. The predicted molar refractivity (Wildman–Crippen MR) is 124 cm³/mol. The van der Waals surface area contributed by atoms with E-state index in [4.69, 9.17) is 9.47 Å². The smallest absolute Gasteiger partial charge is 0.341 e. The van der Waals surface area contributed by atoms with Crippen LogP contribution in [0.4, 0.5) is 11.4 Å². The van der Waals surface area contributed by atoms with E-state index in [0.29, 0.717) is 12.2 Å². The van der Waals surface area contributed by atoms with Gasteiger partial charge in [0.05, 0.1) is 17.9 Å². The van der Waals surface area contributed by atoms with Crippen LogP contribution >= 0.6 is 0 Å². The Labute approximate surface area is 187 Å². The lowest BCUT2D eigenvalue weighted by Crippen LogP contribution is -2.46. The highest BCUT2D eigenvalue weighted by molar-refractivity contribution is 5.96. The molecule has 5 nitrogen and oxygen atoms in total. The average Bonchev–Trinajstić information content (AvgIpc) is 3.38. The minimum Gasteiger partial charge on any atom is -0.494 e. The monoisotopic (exact) mass is 424 g/mol. The first-order chi connectivity index (χ1) is 15.6. The molecular formula is C27H24N2O3. The first-order valence-corrected chi connectivity index (χ1v) is 10.7. The molecule has 5 heteroatoms. The Morgan fingerprint density at radius 3 is 2.25 bits per heavy atom. The molecule has 4 aromatic rings. The second-order valence-electron chi connectivity index (χ2n) is 7.68. The number of aromatic nitrogens is 1. The number of esters is 1. The van der Waals surface area contributed by atoms with Crippen LogP contribution in [-0.2, 0) is 17.5 Å². The second-order valence-corrected chi connectivity index (χ2v) is 7.68. The first-order valence-electron chi connectivity index (χ1n) is 10.7. The maximum Gasteiger partial charge on any atom is 0.341 e. The Balaban J connectivity index is 1.81. The number of para-hydroxylation sites is 1. The maximum atomic E-state index is 13.1. The summed E-state index contributed by atoms with van der Waals surface area (Å²) >= 11 is 0. The lowest BCUT2D eigenvalue weighted by atomic mass is 9.93. The maximum absolute atomic E-state index is 13.1. The number of carbonyl (C=O) groups is 1. The van der Waals surface area contributed by atoms with Crippen molar-refractivity contribution in [3.8, 4) is 5.75 Å². The number of hydrogen-bond donors (Lipinski definition) is 0. The molecule has 0 saturated carbocycles. The lowest BCUT2D eigenvalue weighted by Gasteiger charge is -2.42. The van der Waals surface area contributed by atoms with E-state index < -0.39 is 5.72 Å². The van der Waals surface area contributed by atoms with Crippen LogP contribution in [0.3, 0.4) is 0 Å². The van der Waals surface area contributed by atoms with Crippen molar-refractivity contribution in [1.82, 2.24) is 4.57 Å². The summed E-state index contributed by atoms with van der Waals surface area (Å²) < 4.78 is 14.0. The van der Waals surface area contributed by atoms with Crippen LogP contribution in [-0.4, -0.2) is 17.1 Å². The first kappa shape index (κ1) is 19.9. The largest absolute Gasteiger partial charge is 0.494 e. The zero-order valence-corrected chi connectivity index (χ0v) is 18.1. The molecule has 0 aliphatic carbocycles. The topological polar surface area (TPSA) is 43.7 Å². The molecule has 3 aromatic carbocycles. The number of nitrogens with zero attached hydrogens (tertiary/aromatic N) is 2. The molecule has 2 heterocycles. The van der Waals surface area contributed by atoms with E-state index in [0.717, 1.165) is 28.4 Å². The van der Waals surface area contributed by atoms with Crippen molar-refractivity contribution in [1.29, 1.82) is 0 Å². The normalized spacial score (nSPS) is 17.0. The van der Waals surface area contributed by atoms with Crippen LogP contribution in [0.15, 0.2) is 97.2 Å². The van der Waals surface area contributed by atoms with Crippen LogP contribution in [0.25, 0.3) is 0 Å². The molecule has 1 atom stereocenters. The van der Waals surface area contributed by atoms with Gasteiger partial charge in [-0.05, 0) is 61.5 Å². The van der Waals surface area contributed by atoms with Gasteiger partial charge in [-0.15, -0.1) is 0 Å². The number of aryl methyl sites for hydroxylation is 1. The van der Waals surface area contributed by atoms with Gasteiger partial charge in [-0.3, -0.25) is 4.90 Å². The van der Waals surface area contributed by atoms with Gasteiger partial charge < -0.3 is 14.0 Å². The third kappa shape index (κ3) is 3.05. The summed E-state index contributed by atoms with van der Waals surface area (Å²) in [6.45, 7) is 2.56. The van der Waals surface area contributed by atoms with Gasteiger partial charge in [0.25, 0.3) is 5.72 Å². The molecule has 0 amide bonds. The van der Waals surface area contributed by atoms with Crippen LogP contribution in [0.5, 0.6) is 5.75 Å². The molecular weight excluding hydrogens is 400 g/mol. The van der Waals surface area contributed by atoms with E-state index in [1.54, 1.807) is 0 Å². The van der Waals surface area contributed by atoms with Crippen LogP contribution in [0.2, 0.25) is 0 Å². The van der Waals surface area contributed by atoms with E-state index in [9.17, 15) is 4.79 Å². The van der Waals surface area contributed by atoms with E-state index in [1.807, 2.05) is 116 Å². The Morgan fingerprint density at radius 2 is 1.56 bits per heavy atom. The number of anilines is 2. The molecule has 160 valence electrons. The third-order valence-electron chi connectivity index (χ3n) is 5.78. The standard InChI is InChI=1S/C27H24N2O3/c1-3-31-22-17-15-21(16-18-22)29(20-10-5-4-6-11-20)27(25-14-9-19-28(25)2)24-13-8-7-12-23(24)26(30)32-27/h4-19H,3H2,1-2H3. The van der Waals surface area contributed by atoms with Crippen LogP contribution in [0.1, 0.15) is 28.5 Å². The molecule has 0 saturated heterocycles. The fraction of sp³-hybridized carbons (Fsp3) is 0.148. The highest BCUT2D eigenvalue weighted by Gasteiger charge is 2.53. The minimum absolute atomic E-state index is 0.339. The zero-order chi connectivity index (χ0) is 22.1. The molecule has 1 aromatic heterocycles. The molecule has 0 bridgehead atoms. The number of rotatable bonds is 6. The molecule has 0 radical (unpaired) electrons. The highest BCUT2D eigenvalue weighted by Crippen LogP contribution is 2.50. The molecule has 5 rings (SSSR count). The van der Waals surface area contributed by atoms with Crippen molar-refractivity contribution >= 4 is 17.3 Å². The van der Waals surface area contributed by atoms with Gasteiger partial charge in [-0.2, -0.15) is 0 Å². The fourth-order valence-corrected chi connectivity index (χ4v) is 4.43. The summed E-state index contributed by atoms with van der Waals surface area (Å²) in [6.07, 6.45) is 1.97. The molecule has 0 spiro atoms. The van der Waals surface area contributed by atoms with Gasteiger partial charge >= 0.3 is 5.97 Å². The molecule has 32 heavy (non-hydrogen) atoms. The predicted octanol–water partition coefficient (Wildman–Crippen LogP) is 5.63. The summed E-state index contributed by atoms with van der Waals surface area (Å²) in [6, 6.07) is 29.4. The SMILES string of the molecule is CCOc1ccc(N(c2ccccc2)C2(c3cccn3C)OC(=O)c3ccccc32)cc1.